The molecular formula is C34H31BrN8O2. The molecule has 45 heavy (non-hydrogen) atoms. The Labute approximate surface area is 268 Å². The Morgan fingerprint density at radius 2 is 1.67 bits per heavy atom. The van der Waals surface area contributed by atoms with Crippen molar-refractivity contribution in [1.82, 2.24) is 35.4 Å². The molecule has 3 aromatic heterocycles. The number of aromatic carboxylic acids is 1. The van der Waals surface area contributed by atoms with Crippen molar-refractivity contribution in [3.05, 3.63) is 118 Å². The van der Waals surface area contributed by atoms with E-state index in [1.807, 2.05) is 65.6 Å². The van der Waals surface area contributed by atoms with Gasteiger partial charge in [-0.2, -0.15) is 10.3 Å². The summed E-state index contributed by atoms with van der Waals surface area (Å²) in [5, 5.41) is 30.1. The van der Waals surface area contributed by atoms with Crippen LogP contribution in [0.1, 0.15) is 34.8 Å². The van der Waals surface area contributed by atoms with Crippen LogP contribution in [0.3, 0.4) is 0 Å². The highest BCUT2D eigenvalue weighted by molar-refractivity contribution is 9.10. The summed E-state index contributed by atoms with van der Waals surface area (Å²) >= 11 is 3.45. The second-order valence-electron chi connectivity index (χ2n) is 10.6. The first kappa shape index (κ1) is 29.9. The number of H-pyrrole nitrogens is 1. The number of aryl methyl sites for hydroxylation is 2. The maximum absolute atomic E-state index is 12.9. The zero-order chi connectivity index (χ0) is 31.2. The van der Waals surface area contributed by atoms with Gasteiger partial charge >= 0.3 is 5.97 Å². The number of tetrazole rings is 1. The number of hydrogen-bond donors (Lipinski definition) is 2. The molecule has 0 spiro atoms. The number of anilines is 1. The van der Waals surface area contributed by atoms with Gasteiger partial charge in [0.2, 0.25) is 5.82 Å². The third kappa shape index (κ3) is 6.68. The molecule has 0 unspecified atom stereocenters. The average Bonchev–Trinajstić information content (AvgIpc) is 3.74. The Kier molecular flexibility index (Phi) is 9.06. The van der Waals surface area contributed by atoms with Crippen LogP contribution in [0.15, 0.2) is 102 Å². The molecule has 3 aromatic carbocycles. The van der Waals surface area contributed by atoms with Gasteiger partial charge in [-0.3, -0.25) is 4.68 Å². The molecule has 0 aliphatic rings. The zero-order valence-corrected chi connectivity index (χ0v) is 26.2. The summed E-state index contributed by atoms with van der Waals surface area (Å²) in [5.41, 5.74) is 6.25. The first-order valence-electron chi connectivity index (χ1n) is 14.7. The molecule has 0 bridgehead atoms. The van der Waals surface area contributed by atoms with E-state index < -0.39 is 5.97 Å². The summed E-state index contributed by atoms with van der Waals surface area (Å²) in [4.78, 5) is 19.6. The Hall–Kier alpha value is -5.16. The fourth-order valence-electron chi connectivity index (χ4n) is 5.46. The monoisotopic (exact) mass is 662 g/mol. The minimum atomic E-state index is -1.04. The SMILES string of the molecule is CCCN(Cc1ccc(-c2ccccc2-c2nn[nH]n2)cc1)c1nn(CCc2ccccc2)c(-c2cccc(Br)n2)c1C(=O)O. The van der Waals surface area contributed by atoms with Crippen molar-refractivity contribution in [2.45, 2.75) is 32.9 Å². The van der Waals surface area contributed by atoms with E-state index in [-0.39, 0.29) is 5.56 Å². The minimum Gasteiger partial charge on any atom is -0.477 e. The number of rotatable bonds is 12. The quantitative estimate of drug-likeness (QED) is 0.135. The molecule has 11 heteroatoms. The van der Waals surface area contributed by atoms with Crippen LogP contribution in [0.4, 0.5) is 5.82 Å². The lowest BCUT2D eigenvalue weighted by Crippen LogP contribution is -2.26. The highest BCUT2D eigenvalue weighted by atomic mass is 79.9. The van der Waals surface area contributed by atoms with Crippen molar-refractivity contribution in [3.8, 4) is 33.9 Å². The Balaban J connectivity index is 1.36. The molecule has 0 aliphatic carbocycles. The number of aromatic nitrogens is 7. The molecule has 0 fully saturated rings. The van der Waals surface area contributed by atoms with Gasteiger partial charge in [-0.05, 0) is 68.4 Å². The summed E-state index contributed by atoms with van der Waals surface area (Å²) in [7, 11) is 0. The number of aromatic amines is 1. The lowest BCUT2D eigenvalue weighted by atomic mass is 9.98. The lowest BCUT2D eigenvalue weighted by Gasteiger charge is -2.23. The van der Waals surface area contributed by atoms with E-state index in [1.165, 1.54) is 0 Å². The molecular weight excluding hydrogens is 632 g/mol. The van der Waals surface area contributed by atoms with Crippen LogP contribution in [0.5, 0.6) is 0 Å². The molecule has 0 amide bonds. The van der Waals surface area contributed by atoms with E-state index in [0.717, 1.165) is 34.2 Å². The van der Waals surface area contributed by atoms with Gasteiger partial charge in [-0.25, -0.2) is 9.78 Å². The standard InChI is InChI=1S/C34H31BrN8O2/c1-2-20-42(22-24-15-17-25(18-16-24)26-11-6-7-12-27(26)32-37-40-41-38-32)33-30(34(44)45)31(28-13-8-14-29(35)36-28)43(39-33)21-19-23-9-4-3-5-10-23/h3-18H,2,19-22H2,1H3,(H,44,45)(H,37,38,40,41). The first-order valence-corrected chi connectivity index (χ1v) is 15.5. The van der Waals surface area contributed by atoms with Gasteiger partial charge < -0.3 is 10.0 Å². The van der Waals surface area contributed by atoms with Crippen LogP contribution in [-0.2, 0) is 19.5 Å². The van der Waals surface area contributed by atoms with E-state index >= 15 is 0 Å². The predicted molar refractivity (Wildman–Crippen MR) is 177 cm³/mol. The third-order valence-corrected chi connectivity index (χ3v) is 7.95. The van der Waals surface area contributed by atoms with Crippen molar-refractivity contribution in [3.63, 3.8) is 0 Å². The lowest BCUT2D eigenvalue weighted by molar-refractivity contribution is 0.0698. The Morgan fingerprint density at radius 1 is 0.911 bits per heavy atom. The summed E-state index contributed by atoms with van der Waals surface area (Å²) in [6, 6.07) is 31.8. The molecule has 226 valence electrons. The number of halogens is 1. The third-order valence-electron chi connectivity index (χ3n) is 7.51. The highest BCUT2D eigenvalue weighted by Gasteiger charge is 2.29. The number of nitrogens with zero attached hydrogens (tertiary/aromatic N) is 7. The summed E-state index contributed by atoms with van der Waals surface area (Å²) in [5.74, 6) is -0.0773. The molecule has 6 aromatic rings. The molecule has 0 saturated heterocycles. The fourth-order valence-corrected chi connectivity index (χ4v) is 5.80. The molecule has 0 saturated carbocycles. The maximum atomic E-state index is 12.9. The Bertz CT molecular complexity index is 1890. The number of carboxylic acids is 1. The van der Waals surface area contributed by atoms with Crippen LogP contribution in [-0.4, -0.2) is 53.0 Å². The molecule has 0 aliphatic heterocycles. The molecule has 10 nitrogen and oxygen atoms in total. The highest BCUT2D eigenvalue weighted by Crippen LogP contribution is 2.34. The van der Waals surface area contributed by atoms with E-state index in [2.05, 4.69) is 84.9 Å². The molecule has 2 N–H and O–H groups in total. The fraction of sp³-hybridized carbons (Fsp3) is 0.176. The van der Waals surface area contributed by atoms with Crippen molar-refractivity contribution in [2.24, 2.45) is 0 Å². The minimum absolute atomic E-state index is 0.146. The van der Waals surface area contributed by atoms with Crippen LogP contribution in [0, 0.1) is 0 Å². The first-order chi connectivity index (χ1) is 22.0. The van der Waals surface area contributed by atoms with E-state index in [1.54, 1.807) is 4.68 Å². The predicted octanol–water partition coefficient (Wildman–Crippen LogP) is 6.91. The van der Waals surface area contributed by atoms with E-state index in [0.29, 0.717) is 53.7 Å². The molecule has 0 atom stereocenters. The zero-order valence-electron chi connectivity index (χ0n) is 24.6. The van der Waals surface area contributed by atoms with Crippen LogP contribution < -0.4 is 4.90 Å². The topological polar surface area (TPSA) is 126 Å². The number of benzene rings is 3. The number of carbonyl (C=O) groups is 1. The molecule has 0 radical (unpaired) electrons. The van der Waals surface area contributed by atoms with Gasteiger partial charge in [0.05, 0.1) is 5.69 Å². The second-order valence-corrected chi connectivity index (χ2v) is 11.4. The normalized spacial score (nSPS) is 11.1. The van der Waals surface area contributed by atoms with Crippen LogP contribution in [0.25, 0.3) is 33.9 Å². The molecule has 6 rings (SSSR count). The smallest absolute Gasteiger partial charge is 0.341 e. The average molecular weight is 664 g/mol. The van der Waals surface area contributed by atoms with E-state index in [4.69, 9.17) is 5.10 Å². The van der Waals surface area contributed by atoms with Crippen molar-refractivity contribution in [2.75, 3.05) is 11.4 Å². The van der Waals surface area contributed by atoms with Gasteiger partial charge in [0.15, 0.2) is 5.82 Å². The number of pyridine rings is 1. The van der Waals surface area contributed by atoms with Crippen molar-refractivity contribution >= 4 is 27.7 Å². The van der Waals surface area contributed by atoms with Gasteiger partial charge in [-0.15, -0.1) is 10.2 Å². The number of hydrogen-bond acceptors (Lipinski definition) is 7. The van der Waals surface area contributed by atoms with Gasteiger partial charge in [0, 0.05) is 25.2 Å². The number of nitrogens with one attached hydrogen (secondary N) is 1. The van der Waals surface area contributed by atoms with Gasteiger partial charge in [0.1, 0.15) is 15.9 Å². The summed E-state index contributed by atoms with van der Waals surface area (Å²) in [6.07, 6.45) is 1.51. The van der Waals surface area contributed by atoms with Gasteiger partial charge in [-0.1, -0.05) is 91.9 Å². The van der Waals surface area contributed by atoms with Gasteiger partial charge in [0.25, 0.3) is 0 Å². The van der Waals surface area contributed by atoms with E-state index in [9.17, 15) is 9.90 Å². The second kappa shape index (κ2) is 13.6. The van der Waals surface area contributed by atoms with Crippen molar-refractivity contribution in [1.29, 1.82) is 0 Å². The summed E-state index contributed by atoms with van der Waals surface area (Å²) < 4.78 is 2.42. The Morgan fingerprint density at radius 3 is 2.36 bits per heavy atom. The van der Waals surface area contributed by atoms with Crippen LogP contribution in [0.2, 0.25) is 0 Å². The van der Waals surface area contributed by atoms with Crippen molar-refractivity contribution < 1.29 is 9.90 Å². The largest absolute Gasteiger partial charge is 0.477 e. The summed E-state index contributed by atoms with van der Waals surface area (Å²) in [6.45, 7) is 3.70. The van der Waals surface area contributed by atoms with Crippen LogP contribution >= 0.6 is 15.9 Å². The molecule has 3 heterocycles. The maximum Gasteiger partial charge on any atom is 0.341 e. The number of carboxylic acid groups (broad SMARTS) is 1.